The molecule has 0 bridgehead atoms. The zero-order chi connectivity index (χ0) is 16.0. The first-order valence-corrected chi connectivity index (χ1v) is 6.37. The fourth-order valence-electron chi connectivity index (χ4n) is 1.49. The molecule has 21 heavy (non-hydrogen) atoms. The highest BCUT2D eigenvalue weighted by molar-refractivity contribution is 7.80. The Morgan fingerprint density at radius 2 is 2.24 bits per heavy atom. The van der Waals surface area contributed by atoms with E-state index in [-0.39, 0.29) is 28.4 Å². The lowest BCUT2D eigenvalue weighted by atomic mass is 10.2. The van der Waals surface area contributed by atoms with Crippen molar-refractivity contribution in [1.82, 2.24) is 5.43 Å². The Balaban J connectivity index is 3.25. The van der Waals surface area contributed by atoms with Crippen LogP contribution < -0.4 is 20.6 Å². The van der Waals surface area contributed by atoms with E-state index in [9.17, 15) is 10.1 Å². The number of methoxy groups -OCH3 is 1. The standard InChI is InChI=1S/C12H16N4O4S/c1-7(2)20-11-9(16(17)18)4-8(5-10(11)19-3)6-14-15-12(13)21/h4-7H,1-3H3,(H3,13,15,21)/b14-6+. The summed E-state index contributed by atoms with van der Waals surface area (Å²) in [6.07, 6.45) is 1.11. The van der Waals surface area contributed by atoms with E-state index < -0.39 is 4.92 Å². The van der Waals surface area contributed by atoms with Crippen molar-refractivity contribution in [2.75, 3.05) is 7.11 Å². The monoisotopic (exact) mass is 312 g/mol. The third-order valence-corrected chi connectivity index (χ3v) is 2.31. The second-order valence-corrected chi connectivity index (χ2v) is 4.67. The molecular formula is C12H16N4O4S. The molecule has 0 aliphatic heterocycles. The predicted octanol–water partition coefficient (Wildman–Crippen LogP) is 1.56. The molecule has 0 radical (unpaired) electrons. The summed E-state index contributed by atoms with van der Waals surface area (Å²) in [4.78, 5) is 10.6. The molecule has 0 amide bonds. The van der Waals surface area contributed by atoms with Gasteiger partial charge in [0.25, 0.3) is 0 Å². The summed E-state index contributed by atoms with van der Waals surface area (Å²) in [6.45, 7) is 3.54. The van der Waals surface area contributed by atoms with Crippen molar-refractivity contribution in [1.29, 1.82) is 0 Å². The van der Waals surface area contributed by atoms with Crippen molar-refractivity contribution in [2.45, 2.75) is 20.0 Å². The van der Waals surface area contributed by atoms with Crippen molar-refractivity contribution in [3.8, 4) is 11.5 Å². The average molecular weight is 312 g/mol. The Morgan fingerprint density at radius 3 is 2.71 bits per heavy atom. The summed E-state index contributed by atoms with van der Waals surface area (Å²) in [6, 6.07) is 2.89. The highest BCUT2D eigenvalue weighted by Gasteiger charge is 2.22. The zero-order valence-electron chi connectivity index (χ0n) is 11.8. The maximum atomic E-state index is 11.2. The Labute approximate surface area is 127 Å². The lowest BCUT2D eigenvalue weighted by molar-refractivity contribution is -0.386. The van der Waals surface area contributed by atoms with Crippen LogP contribution in [-0.4, -0.2) is 29.5 Å². The van der Waals surface area contributed by atoms with Gasteiger partial charge in [-0.3, -0.25) is 15.5 Å². The van der Waals surface area contributed by atoms with Crippen LogP contribution in [0.4, 0.5) is 5.69 Å². The van der Waals surface area contributed by atoms with Crippen LogP contribution in [0, 0.1) is 10.1 Å². The minimum atomic E-state index is -0.543. The largest absolute Gasteiger partial charge is 0.493 e. The van der Waals surface area contributed by atoms with Crippen LogP contribution in [0.3, 0.4) is 0 Å². The number of nitrogens with two attached hydrogens (primary N) is 1. The van der Waals surface area contributed by atoms with Gasteiger partial charge >= 0.3 is 5.69 Å². The molecule has 0 spiro atoms. The molecule has 0 fully saturated rings. The van der Waals surface area contributed by atoms with Crippen LogP contribution in [0.2, 0.25) is 0 Å². The minimum Gasteiger partial charge on any atom is -0.493 e. The van der Waals surface area contributed by atoms with Crippen molar-refractivity contribution >= 4 is 29.2 Å². The predicted molar refractivity (Wildman–Crippen MR) is 82.9 cm³/mol. The first-order chi connectivity index (χ1) is 9.85. The number of nitrogens with zero attached hydrogens (tertiary/aromatic N) is 2. The van der Waals surface area contributed by atoms with Gasteiger partial charge in [-0.2, -0.15) is 5.10 Å². The average Bonchev–Trinajstić information content (AvgIpc) is 2.38. The maximum Gasteiger partial charge on any atom is 0.315 e. The molecule has 8 nitrogen and oxygen atoms in total. The highest BCUT2D eigenvalue weighted by atomic mass is 32.1. The molecule has 0 saturated carbocycles. The van der Waals surface area contributed by atoms with E-state index in [1.165, 1.54) is 19.4 Å². The number of hydrazone groups is 1. The number of hydrogen-bond acceptors (Lipinski definition) is 6. The quantitative estimate of drug-likeness (QED) is 0.355. The second-order valence-electron chi connectivity index (χ2n) is 4.23. The highest BCUT2D eigenvalue weighted by Crippen LogP contribution is 2.38. The van der Waals surface area contributed by atoms with E-state index in [4.69, 9.17) is 15.2 Å². The van der Waals surface area contributed by atoms with Crippen LogP contribution in [0.25, 0.3) is 0 Å². The summed E-state index contributed by atoms with van der Waals surface area (Å²) in [5.41, 5.74) is 7.82. The lowest BCUT2D eigenvalue weighted by Gasteiger charge is -2.14. The van der Waals surface area contributed by atoms with Gasteiger partial charge < -0.3 is 15.2 Å². The fraction of sp³-hybridized carbons (Fsp3) is 0.333. The van der Waals surface area contributed by atoms with E-state index in [0.29, 0.717) is 5.56 Å². The van der Waals surface area contributed by atoms with Crippen molar-refractivity contribution in [3.63, 3.8) is 0 Å². The Morgan fingerprint density at radius 1 is 1.57 bits per heavy atom. The lowest BCUT2D eigenvalue weighted by Crippen LogP contribution is -2.24. The summed E-state index contributed by atoms with van der Waals surface area (Å²) in [5.74, 6) is 0.326. The van der Waals surface area contributed by atoms with Crippen LogP contribution in [0.15, 0.2) is 17.2 Å². The van der Waals surface area contributed by atoms with E-state index in [1.54, 1.807) is 19.9 Å². The van der Waals surface area contributed by atoms with Gasteiger partial charge in [0, 0.05) is 11.6 Å². The summed E-state index contributed by atoms with van der Waals surface area (Å²) in [5, 5.41) is 14.9. The number of nitro groups is 1. The molecule has 9 heteroatoms. The number of nitrogens with one attached hydrogen (secondary N) is 1. The first-order valence-electron chi connectivity index (χ1n) is 5.96. The first kappa shape index (κ1) is 16.6. The Bertz CT molecular complexity index is 575. The SMILES string of the molecule is COc1cc(/C=N/NC(N)=S)cc([N+](=O)[O-])c1OC(C)C. The Kier molecular flexibility index (Phi) is 5.85. The van der Waals surface area contributed by atoms with Crippen LogP contribution >= 0.6 is 12.2 Å². The van der Waals surface area contributed by atoms with Gasteiger partial charge in [-0.25, -0.2) is 0 Å². The molecule has 0 aliphatic rings. The molecule has 0 aliphatic carbocycles. The molecule has 3 N–H and O–H groups in total. The van der Waals surface area contributed by atoms with Crippen LogP contribution in [0.1, 0.15) is 19.4 Å². The molecule has 0 aromatic heterocycles. The molecule has 1 rings (SSSR count). The molecule has 0 unspecified atom stereocenters. The zero-order valence-corrected chi connectivity index (χ0v) is 12.6. The summed E-state index contributed by atoms with van der Waals surface area (Å²) < 4.78 is 10.6. The smallest absolute Gasteiger partial charge is 0.315 e. The minimum absolute atomic E-state index is 0.00697. The van der Waals surface area contributed by atoms with E-state index in [0.717, 1.165) is 0 Å². The van der Waals surface area contributed by atoms with E-state index in [1.807, 2.05) is 0 Å². The fourth-order valence-corrected chi connectivity index (χ4v) is 1.55. The number of benzene rings is 1. The normalized spacial score (nSPS) is 10.7. The van der Waals surface area contributed by atoms with E-state index in [2.05, 4.69) is 22.7 Å². The van der Waals surface area contributed by atoms with Gasteiger partial charge in [0.05, 0.1) is 24.4 Å². The number of nitro benzene ring substituents is 1. The molecule has 1 aromatic carbocycles. The summed E-state index contributed by atoms with van der Waals surface area (Å²) >= 11 is 4.60. The number of hydrogen-bond donors (Lipinski definition) is 2. The molecule has 114 valence electrons. The molecular weight excluding hydrogens is 296 g/mol. The van der Waals surface area contributed by atoms with Crippen molar-refractivity contribution in [3.05, 3.63) is 27.8 Å². The molecule has 1 aromatic rings. The number of ether oxygens (including phenoxy) is 2. The van der Waals surface area contributed by atoms with Gasteiger partial charge in [0.2, 0.25) is 5.75 Å². The van der Waals surface area contributed by atoms with Gasteiger partial charge in [0.1, 0.15) is 0 Å². The van der Waals surface area contributed by atoms with Crippen LogP contribution in [-0.2, 0) is 0 Å². The maximum absolute atomic E-state index is 11.2. The number of thiocarbonyl (C=S) groups is 1. The van der Waals surface area contributed by atoms with Gasteiger partial charge in [-0.15, -0.1) is 0 Å². The van der Waals surface area contributed by atoms with Crippen molar-refractivity contribution < 1.29 is 14.4 Å². The molecule has 0 atom stereocenters. The topological polar surface area (TPSA) is 112 Å². The second kappa shape index (κ2) is 7.39. The molecule has 0 heterocycles. The van der Waals surface area contributed by atoms with E-state index >= 15 is 0 Å². The third kappa shape index (κ3) is 4.88. The Hall–Kier alpha value is -2.42. The van der Waals surface area contributed by atoms with Gasteiger partial charge in [-0.05, 0) is 32.1 Å². The summed E-state index contributed by atoms with van der Waals surface area (Å²) in [7, 11) is 1.40. The van der Waals surface area contributed by atoms with Gasteiger partial charge in [0.15, 0.2) is 10.9 Å². The van der Waals surface area contributed by atoms with Crippen molar-refractivity contribution in [2.24, 2.45) is 10.8 Å². The van der Waals surface area contributed by atoms with Crippen LogP contribution in [0.5, 0.6) is 11.5 Å². The molecule has 0 saturated heterocycles. The van der Waals surface area contributed by atoms with Gasteiger partial charge in [-0.1, -0.05) is 0 Å². The number of rotatable bonds is 6. The third-order valence-electron chi connectivity index (χ3n) is 2.22.